The van der Waals surface area contributed by atoms with E-state index in [1.54, 1.807) is 0 Å². The van der Waals surface area contributed by atoms with E-state index in [2.05, 4.69) is 20.8 Å². The van der Waals surface area contributed by atoms with Crippen molar-refractivity contribution in [1.82, 2.24) is 9.80 Å². The van der Waals surface area contributed by atoms with Crippen molar-refractivity contribution in [2.75, 3.05) is 44.7 Å². The van der Waals surface area contributed by atoms with Gasteiger partial charge < -0.3 is 14.5 Å². The molecule has 5 heteroatoms. The van der Waals surface area contributed by atoms with Crippen molar-refractivity contribution in [2.45, 2.75) is 25.9 Å². The van der Waals surface area contributed by atoms with E-state index in [-0.39, 0.29) is 12.0 Å². The van der Waals surface area contributed by atoms with Gasteiger partial charge in [-0.2, -0.15) is 0 Å². The van der Waals surface area contributed by atoms with Crippen LogP contribution in [-0.2, 0) is 9.53 Å². The Kier molecular flexibility index (Phi) is 5.45. The Morgan fingerprint density at radius 1 is 1.33 bits per heavy atom. The van der Waals surface area contributed by atoms with Gasteiger partial charge in [-0.3, -0.25) is 4.79 Å². The van der Waals surface area contributed by atoms with Crippen molar-refractivity contribution in [3.8, 4) is 0 Å². The van der Waals surface area contributed by atoms with Crippen LogP contribution in [0.5, 0.6) is 0 Å². The van der Waals surface area contributed by atoms with E-state index in [0.717, 1.165) is 57.5 Å². The number of alkyl halides is 1. The SMILES string of the molecule is CC1OCCC1C(=O)N1CCCN(CCBr)CC1. The Labute approximate surface area is 118 Å². The van der Waals surface area contributed by atoms with Crippen molar-refractivity contribution in [2.24, 2.45) is 5.92 Å². The molecule has 2 atom stereocenters. The number of carbonyl (C=O) groups excluding carboxylic acids is 1. The Balaban J connectivity index is 1.87. The van der Waals surface area contributed by atoms with Gasteiger partial charge in [0, 0.05) is 38.1 Å². The highest BCUT2D eigenvalue weighted by atomic mass is 79.9. The predicted molar refractivity (Wildman–Crippen MR) is 75.0 cm³/mol. The number of carbonyl (C=O) groups is 1. The number of hydrogen-bond acceptors (Lipinski definition) is 3. The van der Waals surface area contributed by atoms with Crippen LogP contribution < -0.4 is 0 Å². The Bertz CT molecular complexity index is 288. The lowest BCUT2D eigenvalue weighted by molar-refractivity contribution is -0.136. The van der Waals surface area contributed by atoms with Crippen LogP contribution >= 0.6 is 15.9 Å². The lowest BCUT2D eigenvalue weighted by Crippen LogP contribution is -2.41. The molecule has 2 unspecified atom stereocenters. The summed E-state index contributed by atoms with van der Waals surface area (Å²) in [7, 11) is 0. The predicted octanol–water partition coefficient (Wildman–Crippen LogP) is 1.34. The average molecular weight is 319 g/mol. The molecular weight excluding hydrogens is 296 g/mol. The van der Waals surface area contributed by atoms with E-state index in [1.807, 2.05) is 11.8 Å². The largest absolute Gasteiger partial charge is 0.378 e. The minimum Gasteiger partial charge on any atom is -0.378 e. The Hall–Kier alpha value is -0.130. The van der Waals surface area contributed by atoms with E-state index in [9.17, 15) is 4.79 Å². The van der Waals surface area contributed by atoms with Crippen molar-refractivity contribution in [3.63, 3.8) is 0 Å². The van der Waals surface area contributed by atoms with Crippen LogP contribution in [0.25, 0.3) is 0 Å². The molecule has 2 saturated heterocycles. The molecule has 2 aliphatic heterocycles. The van der Waals surface area contributed by atoms with Crippen molar-refractivity contribution in [3.05, 3.63) is 0 Å². The zero-order chi connectivity index (χ0) is 13.0. The summed E-state index contributed by atoms with van der Waals surface area (Å²) < 4.78 is 5.50. The quantitative estimate of drug-likeness (QED) is 0.736. The van der Waals surface area contributed by atoms with Gasteiger partial charge in [0.2, 0.25) is 5.91 Å². The van der Waals surface area contributed by atoms with Crippen molar-refractivity contribution >= 4 is 21.8 Å². The third-order valence-electron chi connectivity index (χ3n) is 3.99. The highest BCUT2D eigenvalue weighted by Gasteiger charge is 2.34. The zero-order valence-corrected chi connectivity index (χ0v) is 12.7. The maximum atomic E-state index is 12.4. The van der Waals surface area contributed by atoms with Gasteiger partial charge in [-0.1, -0.05) is 15.9 Å². The molecule has 104 valence electrons. The molecule has 0 saturated carbocycles. The molecule has 4 nitrogen and oxygen atoms in total. The van der Waals surface area contributed by atoms with E-state index >= 15 is 0 Å². The molecular formula is C13H23BrN2O2. The molecule has 0 N–H and O–H groups in total. The molecule has 2 rings (SSSR count). The van der Waals surface area contributed by atoms with Crippen molar-refractivity contribution < 1.29 is 9.53 Å². The first kappa shape index (κ1) is 14.3. The molecule has 0 radical (unpaired) electrons. The highest BCUT2D eigenvalue weighted by Crippen LogP contribution is 2.23. The second-order valence-corrected chi connectivity index (χ2v) is 5.97. The van der Waals surface area contributed by atoms with Gasteiger partial charge >= 0.3 is 0 Å². The molecule has 1 amide bonds. The van der Waals surface area contributed by atoms with E-state index in [1.165, 1.54) is 0 Å². The van der Waals surface area contributed by atoms with Gasteiger partial charge in [0.05, 0.1) is 12.0 Å². The molecule has 18 heavy (non-hydrogen) atoms. The number of ether oxygens (including phenoxy) is 1. The van der Waals surface area contributed by atoms with Crippen LogP contribution in [0, 0.1) is 5.92 Å². The first-order valence-corrected chi connectivity index (χ1v) is 8.03. The first-order chi connectivity index (χ1) is 8.72. The first-order valence-electron chi connectivity index (χ1n) is 6.91. The second-order valence-electron chi connectivity index (χ2n) is 5.18. The topological polar surface area (TPSA) is 32.8 Å². The van der Waals surface area contributed by atoms with Gasteiger partial charge in [-0.05, 0) is 26.3 Å². The fraction of sp³-hybridized carbons (Fsp3) is 0.923. The van der Waals surface area contributed by atoms with Crippen LogP contribution in [-0.4, -0.2) is 66.5 Å². The van der Waals surface area contributed by atoms with Gasteiger partial charge in [0.25, 0.3) is 0 Å². The smallest absolute Gasteiger partial charge is 0.228 e. The molecule has 0 bridgehead atoms. The van der Waals surface area contributed by atoms with Gasteiger partial charge in [-0.25, -0.2) is 0 Å². The molecule has 0 spiro atoms. The summed E-state index contributed by atoms with van der Waals surface area (Å²) in [5.74, 6) is 0.397. The standard InChI is InChI=1S/C13H23BrN2O2/c1-11-12(3-10-18-11)13(17)16-6-2-5-15(7-4-14)8-9-16/h11-12H,2-10H2,1H3. The molecule has 0 aliphatic carbocycles. The summed E-state index contributed by atoms with van der Waals surface area (Å²) in [6.45, 7) is 7.71. The van der Waals surface area contributed by atoms with Gasteiger partial charge in [0.15, 0.2) is 0 Å². The summed E-state index contributed by atoms with van der Waals surface area (Å²) in [6.07, 6.45) is 2.07. The van der Waals surface area contributed by atoms with Gasteiger partial charge in [-0.15, -0.1) is 0 Å². The Morgan fingerprint density at radius 2 is 2.17 bits per heavy atom. The summed E-state index contributed by atoms with van der Waals surface area (Å²) >= 11 is 3.48. The number of halogens is 1. The molecule has 0 aromatic rings. The monoisotopic (exact) mass is 318 g/mol. The third-order valence-corrected chi connectivity index (χ3v) is 4.35. The maximum absolute atomic E-state index is 12.4. The summed E-state index contributed by atoms with van der Waals surface area (Å²) in [5.41, 5.74) is 0. The number of rotatable bonds is 3. The van der Waals surface area contributed by atoms with E-state index < -0.39 is 0 Å². The minimum absolute atomic E-state index is 0.0905. The summed E-state index contributed by atoms with van der Waals surface area (Å²) in [6, 6.07) is 0. The van der Waals surface area contributed by atoms with Crippen LogP contribution in [0.1, 0.15) is 19.8 Å². The third kappa shape index (κ3) is 3.45. The van der Waals surface area contributed by atoms with Crippen LogP contribution in [0.2, 0.25) is 0 Å². The summed E-state index contributed by atoms with van der Waals surface area (Å²) in [4.78, 5) is 16.9. The molecule has 2 fully saturated rings. The number of hydrogen-bond donors (Lipinski definition) is 0. The molecule has 2 aliphatic rings. The van der Waals surface area contributed by atoms with E-state index in [0.29, 0.717) is 5.91 Å². The average Bonchev–Trinajstić information content (AvgIpc) is 2.64. The lowest BCUT2D eigenvalue weighted by Gasteiger charge is -2.25. The van der Waals surface area contributed by atoms with Gasteiger partial charge in [0.1, 0.15) is 0 Å². The molecule has 0 aromatic carbocycles. The van der Waals surface area contributed by atoms with Crippen LogP contribution in [0.15, 0.2) is 0 Å². The molecule has 2 heterocycles. The zero-order valence-electron chi connectivity index (χ0n) is 11.1. The molecule has 0 aromatic heterocycles. The van der Waals surface area contributed by atoms with Crippen molar-refractivity contribution in [1.29, 1.82) is 0 Å². The number of nitrogens with zero attached hydrogens (tertiary/aromatic N) is 2. The maximum Gasteiger partial charge on any atom is 0.228 e. The minimum atomic E-state index is 0.0905. The Morgan fingerprint density at radius 3 is 2.83 bits per heavy atom. The van der Waals surface area contributed by atoms with Crippen LogP contribution in [0.3, 0.4) is 0 Å². The fourth-order valence-corrected chi connectivity index (χ4v) is 3.33. The lowest BCUT2D eigenvalue weighted by atomic mass is 10.0. The second kappa shape index (κ2) is 6.87. The van der Waals surface area contributed by atoms with E-state index in [4.69, 9.17) is 4.74 Å². The highest BCUT2D eigenvalue weighted by molar-refractivity contribution is 9.09. The fourth-order valence-electron chi connectivity index (χ4n) is 2.82. The number of amides is 1. The normalized spacial score (nSPS) is 30.4. The summed E-state index contributed by atoms with van der Waals surface area (Å²) in [5, 5.41) is 1.01. The van der Waals surface area contributed by atoms with Crippen LogP contribution in [0.4, 0.5) is 0 Å².